The molecule has 3 nitrogen and oxygen atoms in total. The Labute approximate surface area is 113 Å². The summed E-state index contributed by atoms with van der Waals surface area (Å²) in [7, 11) is 0. The summed E-state index contributed by atoms with van der Waals surface area (Å²) in [5, 5.41) is 10.6. The standard InChI is InChI=1S/C14H10ClFN2O/c15-11-5-4-9(16)7-10(11)14(19)12-8-18-6-2-1-3-13(18)17-12/h1-8,14,19H. The molecule has 0 amide bonds. The molecule has 96 valence electrons. The normalized spacial score (nSPS) is 12.8. The average molecular weight is 277 g/mol. The lowest BCUT2D eigenvalue weighted by Crippen LogP contribution is -2.01. The number of fused-ring (bicyclic) bond motifs is 1. The van der Waals surface area contributed by atoms with E-state index in [-0.39, 0.29) is 0 Å². The molecule has 0 spiro atoms. The van der Waals surface area contributed by atoms with E-state index in [4.69, 9.17) is 11.6 Å². The van der Waals surface area contributed by atoms with E-state index < -0.39 is 11.9 Å². The van der Waals surface area contributed by atoms with Crippen LogP contribution in [-0.4, -0.2) is 14.5 Å². The Morgan fingerprint density at radius 2 is 2.11 bits per heavy atom. The zero-order chi connectivity index (χ0) is 13.4. The van der Waals surface area contributed by atoms with E-state index in [1.165, 1.54) is 18.2 Å². The van der Waals surface area contributed by atoms with Gasteiger partial charge < -0.3 is 9.51 Å². The molecule has 5 heteroatoms. The molecule has 0 aliphatic heterocycles. The smallest absolute Gasteiger partial charge is 0.137 e. The number of hydrogen-bond acceptors (Lipinski definition) is 2. The van der Waals surface area contributed by atoms with Gasteiger partial charge in [0.1, 0.15) is 17.6 Å². The van der Waals surface area contributed by atoms with Crippen molar-refractivity contribution < 1.29 is 9.50 Å². The molecular formula is C14H10ClFN2O. The summed E-state index contributed by atoms with van der Waals surface area (Å²) in [4.78, 5) is 4.29. The minimum Gasteiger partial charge on any atom is -0.382 e. The monoisotopic (exact) mass is 276 g/mol. The number of nitrogens with zero attached hydrogens (tertiary/aromatic N) is 2. The highest BCUT2D eigenvalue weighted by molar-refractivity contribution is 6.31. The third-order valence-corrected chi connectivity index (χ3v) is 3.26. The van der Waals surface area contributed by atoms with Gasteiger partial charge in [0.2, 0.25) is 0 Å². The predicted molar refractivity (Wildman–Crippen MR) is 70.7 cm³/mol. The van der Waals surface area contributed by atoms with E-state index in [1.807, 2.05) is 24.4 Å². The van der Waals surface area contributed by atoms with E-state index in [1.54, 1.807) is 10.6 Å². The summed E-state index contributed by atoms with van der Waals surface area (Å²) in [5.74, 6) is -0.442. The van der Waals surface area contributed by atoms with E-state index in [0.717, 1.165) is 0 Å². The summed E-state index contributed by atoms with van der Waals surface area (Å²) < 4.78 is 15.0. The molecule has 19 heavy (non-hydrogen) atoms. The van der Waals surface area contributed by atoms with Gasteiger partial charge in [0.05, 0.1) is 5.69 Å². The number of rotatable bonds is 2. The van der Waals surface area contributed by atoms with Crippen LogP contribution in [0.2, 0.25) is 5.02 Å². The largest absolute Gasteiger partial charge is 0.382 e. The summed E-state index contributed by atoms with van der Waals surface area (Å²) in [6.45, 7) is 0. The molecule has 3 rings (SSSR count). The van der Waals surface area contributed by atoms with Crippen LogP contribution in [0.15, 0.2) is 48.8 Å². The van der Waals surface area contributed by atoms with Crippen LogP contribution in [0.1, 0.15) is 17.4 Å². The fraction of sp³-hybridized carbons (Fsp3) is 0.0714. The Hall–Kier alpha value is -1.91. The molecule has 1 atom stereocenters. The van der Waals surface area contributed by atoms with Crippen LogP contribution in [0.4, 0.5) is 4.39 Å². The molecule has 0 bridgehead atoms. The molecule has 0 radical (unpaired) electrons. The van der Waals surface area contributed by atoms with Crippen molar-refractivity contribution >= 4 is 17.2 Å². The van der Waals surface area contributed by atoms with Crippen LogP contribution in [0.25, 0.3) is 5.65 Å². The van der Waals surface area contributed by atoms with Gasteiger partial charge in [-0.15, -0.1) is 0 Å². The molecule has 0 fully saturated rings. The fourth-order valence-electron chi connectivity index (χ4n) is 1.97. The van der Waals surface area contributed by atoms with E-state index in [2.05, 4.69) is 4.98 Å². The molecule has 1 N–H and O–H groups in total. The molecule has 2 aromatic heterocycles. The van der Waals surface area contributed by atoms with Gasteiger partial charge in [-0.2, -0.15) is 0 Å². The first-order valence-corrected chi connectivity index (χ1v) is 6.09. The average Bonchev–Trinajstić information content (AvgIpc) is 2.84. The summed E-state index contributed by atoms with van der Waals surface area (Å²) in [5.41, 5.74) is 1.45. The lowest BCUT2D eigenvalue weighted by Gasteiger charge is -2.10. The number of aromatic nitrogens is 2. The minimum atomic E-state index is -1.05. The van der Waals surface area contributed by atoms with Crippen molar-refractivity contribution in [2.75, 3.05) is 0 Å². The molecule has 1 aromatic carbocycles. The number of imidazole rings is 1. The lowest BCUT2D eigenvalue weighted by molar-refractivity contribution is 0.215. The number of halogens is 2. The molecule has 0 aliphatic carbocycles. The number of hydrogen-bond donors (Lipinski definition) is 1. The first kappa shape index (κ1) is 12.1. The molecule has 2 heterocycles. The highest BCUT2D eigenvalue weighted by atomic mass is 35.5. The second-order valence-electron chi connectivity index (χ2n) is 4.20. The van der Waals surface area contributed by atoms with Crippen LogP contribution in [-0.2, 0) is 0 Å². The Bertz CT molecular complexity index is 708. The van der Waals surface area contributed by atoms with Crippen molar-refractivity contribution in [3.8, 4) is 0 Å². The van der Waals surface area contributed by atoms with E-state index >= 15 is 0 Å². The molecule has 3 aromatic rings. The van der Waals surface area contributed by atoms with Crippen molar-refractivity contribution in [2.45, 2.75) is 6.10 Å². The maximum Gasteiger partial charge on any atom is 0.137 e. The molecular weight excluding hydrogens is 267 g/mol. The predicted octanol–water partition coefficient (Wildman–Crippen LogP) is 3.21. The Morgan fingerprint density at radius 1 is 1.26 bits per heavy atom. The van der Waals surface area contributed by atoms with Crippen molar-refractivity contribution in [3.05, 3.63) is 70.9 Å². The highest BCUT2D eigenvalue weighted by Gasteiger charge is 2.17. The van der Waals surface area contributed by atoms with Crippen LogP contribution in [0.5, 0.6) is 0 Å². The van der Waals surface area contributed by atoms with Crippen LogP contribution in [0.3, 0.4) is 0 Å². The zero-order valence-corrected chi connectivity index (χ0v) is 10.5. The zero-order valence-electron chi connectivity index (χ0n) is 9.79. The second kappa shape index (κ2) is 4.64. The van der Waals surface area contributed by atoms with Gasteiger partial charge in [-0.1, -0.05) is 17.7 Å². The molecule has 1 unspecified atom stereocenters. The summed E-state index contributed by atoms with van der Waals surface area (Å²) >= 11 is 5.98. The first-order chi connectivity index (χ1) is 9.15. The van der Waals surface area contributed by atoms with Gasteiger partial charge >= 0.3 is 0 Å². The van der Waals surface area contributed by atoms with Crippen molar-refractivity contribution in [1.29, 1.82) is 0 Å². The van der Waals surface area contributed by atoms with Crippen molar-refractivity contribution in [1.82, 2.24) is 9.38 Å². The topological polar surface area (TPSA) is 37.5 Å². The Morgan fingerprint density at radius 3 is 2.89 bits per heavy atom. The van der Waals surface area contributed by atoms with Crippen LogP contribution < -0.4 is 0 Å². The van der Waals surface area contributed by atoms with Gasteiger partial charge in [-0.05, 0) is 30.3 Å². The lowest BCUT2D eigenvalue weighted by atomic mass is 10.1. The summed E-state index contributed by atoms with van der Waals surface area (Å²) in [6.07, 6.45) is 2.47. The van der Waals surface area contributed by atoms with E-state index in [0.29, 0.717) is 21.9 Å². The Balaban J connectivity index is 2.07. The van der Waals surface area contributed by atoms with Crippen molar-refractivity contribution in [3.63, 3.8) is 0 Å². The van der Waals surface area contributed by atoms with Crippen molar-refractivity contribution in [2.24, 2.45) is 0 Å². The number of pyridine rings is 1. The summed E-state index contributed by atoms with van der Waals surface area (Å²) in [6, 6.07) is 9.43. The quantitative estimate of drug-likeness (QED) is 0.780. The maximum atomic E-state index is 13.2. The minimum absolute atomic E-state index is 0.310. The first-order valence-electron chi connectivity index (χ1n) is 5.72. The third-order valence-electron chi connectivity index (χ3n) is 2.92. The third kappa shape index (κ3) is 2.20. The van der Waals surface area contributed by atoms with Gasteiger partial charge in [0, 0.05) is 23.0 Å². The SMILES string of the molecule is OC(c1cn2ccccc2n1)c1cc(F)ccc1Cl. The maximum absolute atomic E-state index is 13.2. The number of benzene rings is 1. The van der Waals surface area contributed by atoms with Crippen LogP contribution in [0, 0.1) is 5.82 Å². The van der Waals surface area contributed by atoms with Crippen LogP contribution >= 0.6 is 11.6 Å². The molecule has 0 saturated heterocycles. The second-order valence-corrected chi connectivity index (χ2v) is 4.61. The number of aliphatic hydroxyl groups excluding tert-OH is 1. The molecule has 0 saturated carbocycles. The Kier molecular flexibility index (Phi) is 2.97. The van der Waals surface area contributed by atoms with Gasteiger partial charge in [-0.25, -0.2) is 9.37 Å². The van der Waals surface area contributed by atoms with Gasteiger partial charge in [0.25, 0.3) is 0 Å². The van der Waals surface area contributed by atoms with Gasteiger partial charge in [-0.3, -0.25) is 0 Å². The van der Waals surface area contributed by atoms with E-state index in [9.17, 15) is 9.50 Å². The van der Waals surface area contributed by atoms with Gasteiger partial charge in [0.15, 0.2) is 0 Å². The highest BCUT2D eigenvalue weighted by Crippen LogP contribution is 2.28. The number of aliphatic hydroxyl groups is 1. The fourth-order valence-corrected chi connectivity index (χ4v) is 2.19. The molecule has 0 aliphatic rings.